The van der Waals surface area contributed by atoms with E-state index in [1.54, 1.807) is 13.0 Å². The number of carbonyl (C=O) groups excluding carboxylic acids is 1. The first-order chi connectivity index (χ1) is 8.97. The molecule has 0 saturated carbocycles. The molecule has 0 radical (unpaired) electrons. The normalized spacial score (nSPS) is 10.2. The fraction of sp³-hybridized carbons (Fsp3) is 0.0714. The molecule has 98 valence electrons. The van der Waals surface area contributed by atoms with E-state index in [9.17, 15) is 14.3 Å². The van der Waals surface area contributed by atoms with Gasteiger partial charge in [0.05, 0.1) is 5.56 Å². The van der Waals surface area contributed by atoms with Crippen LogP contribution < -0.4 is 11.1 Å². The van der Waals surface area contributed by atoms with Crippen LogP contribution in [-0.2, 0) is 0 Å². The number of carbonyl (C=O) groups is 1. The fourth-order valence-electron chi connectivity index (χ4n) is 1.66. The average Bonchev–Trinajstić information content (AvgIpc) is 2.36. The minimum atomic E-state index is -0.498. The Morgan fingerprint density at radius 1 is 1.26 bits per heavy atom. The summed E-state index contributed by atoms with van der Waals surface area (Å²) >= 11 is 0. The number of anilines is 2. The van der Waals surface area contributed by atoms with Crippen molar-refractivity contribution in [3.05, 3.63) is 53.3 Å². The van der Waals surface area contributed by atoms with Crippen LogP contribution in [-0.4, -0.2) is 11.0 Å². The van der Waals surface area contributed by atoms with Gasteiger partial charge in [-0.3, -0.25) is 4.79 Å². The number of halogens is 1. The lowest BCUT2D eigenvalue weighted by molar-refractivity contribution is 0.102. The van der Waals surface area contributed by atoms with E-state index in [4.69, 9.17) is 5.73 Å². The Labute approximate surface area is 109 Å². The van der Waals surface area contributed by atoms with Crippen molar-refractivity contribution in [1.29, 1.82) is 0 Å². The maximum absolute atomic E-state index is 13.1. The van der Waals surface area contributed by atoms with Gasteiger partial charge in [0, 0.05) is 11.4 Å². The number of amides is 1. The van der Waals surface area contributed by atoms with Crippen LogP contribution in [0.2, 0.25) is 0 Å². The summed E-state index contributed by atoms with van der Waals surface area (Å²) in [6.45, 7) is 1.75. The van der Waals surface area contributed by atoms with E-state index < -0.39 is 11.7 Å². The Hall–Kier alpha value is -2.56. The van der Waals surface area contributed by atoms with Crippen LogP contribution in [0.15, 0.2) is 36.4 Å². The first-order valence-corrected chi connectivity index (χ1v) is 5.63. The standard InChI is InChI=1S/C14H13FN2O2/c1-8-2-3-9(15)6-13(8)17-14(19)11-7-10(18)4-5-12(11)16/h2-7,18H,16H2,1H3,(H,17,19). The molecule has 2 aromatic rings. The van der Waals surface area contributed by atoms with Gasteiger partial charge in [-0.15, -0.1) is 0 Å². The SMILES string of the molecule is Cc1ccc(F)cc1NC(=O)c1cc(O)ccc1N. The molecule has 0 unspecified atom stereocenters. The molecule has 0 aromatic heterocycles. The largest absolute Gasteiger partial charge is 0.508 e. The molecule has 0 heterocycles. The summed E-state index contributed by atoms with van der Waals surface area (Å²) in [5.74, 6) is -0.998. The fourth-order valence-corrected chi connectivity index (χ4v) is 1.66. The maximum atomic E-state index is 13.1. The van der Waals surface area contributed by atoms with E-state index >= 15 is 0 Å². The Kier molecular flexibility index (Phi) is 3.37. The van der Waals surface area contributed by atoms with Gasteiger partial charge in [-0.1, -0.05) is 6.07 Å². The molecule has 1 amide bonds. The smallest absolute Gasteiger partial charge is 0.257 e. The van der Waals surface area contributed by atoms with Crippen molar-refractivity contribution in [2.24, 2.45) is 0 Å². The summed E-state index contributed by atoms with van der Waals surface area (Å²) in [6.07, 6.45) is 0. The number of nitrogens with two attached hydrogens (primary N) is 1. The summed E-state index contributed by atoms with van der Waals surface area (Å²) < 4.78 is 13.1. The monoisotopic (exact) mass is 260 g/mol. The summed E-state index contributed by atoms with van der Waals surface area (Å²) in [6, 6.07) is 8.19. The van der Waals surface area contributed by atoms with E-state index in [0.29, 0.717) is 5.69 Å². The van der Waals surface area contributed by atoms with Crippen molar-refractivity contribution >= 4 is 17.3 Å². The minimum absolute atomic E-state index is 0.0599. The molecule has 4 nitrogen and oxygen atoms in total. The molecule has 5 heteroatoms. The Morgan fingerprint density at radius 3 is 2.74 bits per heavy atom. The van der Waals surface area contributed by atoms with Crippen LogP contribution in [0.4, 0.5) is 15.8 Å². The van der Waals surface area contributed by atoms with Crippen molar-refractivity contribution in [2.75, 3.05) is 11.1 Å². The third kappa shape index (κ3) is 2.82. The number of aryl methyl sites for hydroxylation is 1. The van der Waals surface area contributed by atoms with E-state index in [1.165, 1.54) is 30.3 Å². The number of phenolic OH excluding ortho intramolecular Hbond substituents is 1. The molecule has 0 saturated heterocycles. The number of hydrogen-bond donors (Lipinski definition) is 3. The third-order valence-electron chi connectivity index (χ3n) is 2.73. The molecular weight excluding hydrogens is 247 g/mol. The van der Waals surface area contributed by atoms with Crippen LogP contribution in [0.25, 0.3) is 0 Å². The summed E-state index contributed by atoms with van der Waals surface area (Å²) in [4.78, 5) is 12.0. The minimum Gasteiger partial charge on any atom is -0.508 e. The number of nitrogens with one attached hydrogen (secondary N) is 1. The van der Waals surface area contributed by atoms with Gasteiger partial charge >= 0.3 is 0 Å². The average molecular weight is 260 g/mol. The van der Waals surface area contributed by atoms with E-state index in [-0.39, 0.29) is 17.0 Å². The maximum Gasteiger partial charge on any atom is 0.257 e. The zero-order chi connectivity index (χ0) is 14.0. The molecule has 0 aliphatic heterocycles. The lowest BCUT2D eigenvalue weighted by atomic mass is 10.1. The zero-order valence-electron chi connectivity index (χ0n) is 10.3. The predicted molar refractivity (Wildman–Crippen MR) is 71.6 cm³/mol. The first kappa shape index (κ1) is 12.9. The van der Waals surface area contributed by atoms with E-state index in [0.717, 1.165) is 5.56 Å². The number of nitrogen functional groups attached to an aromatic ring is 1. The van der Waals surface area contributed by atoms with Crippen LogP contribution in [0, 0.1) is 12.7 Å². The Balaban J connectivity index is 2.30. The van der Waals surface area contributed by atoms with Gasteiger partial charge in [-0.05, 0) is 42.8 Å². The first-order valence-electron chi connectivity index (χ1n) is 5.63. The molecule has 0 bridgehead atoms. The van der Waals surface area contributed by atoms with Crippen LogP contribution in [0.1, 0.15) is 15.9 Å². The highest BCUT2D eigenvalue weighted by atomic mass is 19.1. The van der Waals surface area contributed by atoms with Crippen LogP contribution in [0.3, 0.4) is 0 Å². The molecule has 2 aromatic carbocycles. The van der Waals surface area contributed by atoms with Crippen molar-refractivity contribution in [1.82, 2.24) is 0 Å². The van der Waals surface area contributed by atoms with Gasteiger partial charge in [-0.25, -0.2) is 4.39 Å². The Morgan fingerprint density at radius 2 is 2.00 bits per heavy atom. The van der Waals surface area contributed by atoms with Crippen molar-refractivity contribution in [3.63, 3.8) is 0 Å². The van der Waals surface area contributed by atoms with Gasteiger partial charge in [0.25, 0.3) is 5.91 Å². The van der Waals surface area contributed by atoms with Crippen molar-refractivity contribution < 1.29 is 14.3 Å². The van der Waals surface area contributed by atoms with Crippen molar-refractivity contribution in [3.8, 4) is 5.75 Å². The molecule has 0 spiro atoms. The van der Waals surface area contributed by atoms with Gasteiger partial charge < -0.3 is 16.2 Å². The molecule has 19 heavy (non-hydrogen) atoms. The molecule has 2 rings (SSSR count). The Bertz CT molecular complexity index is 641. The van der Waals surface area contributed by atoms with Crippen LogP contribution in [0.5, 0.6) is 5.75 Å². The lowest BCUT2D eigenvalue weighted by Crippen LogP contribution is -2.14. The van der Waals surface area contributed by atoms with Crippen molar-refractivity contribution in [2.45, 2.75) is 6.92 Å². The highest BCUT2D eigenvalue weighted by Crippen LogP contribution is 2.21. The van der Waals surface area contributed by atoms with Gasteiger partial charge in [0.1, 0.15) is 11.6 Å². The number of rotatable bonds is 2. The van der Waals surface area contributed by atoms with Gasteiger partial charge in [-0.2, -0.15) is 0 Å². The number of phenols is 1. The third-order valence-corrected chi connectivity index (χ3v) is 2.73. The molecular formula is C14H13FN2O2. The highest BCUT2D eigenvalue weighted by molar-refractivity contribution is 6.08. The molecule has 4 N–H and O–H groups in total. The second-order valence-electron chi connectivity index (χ2n) is 4.18. The second-order valence-corrected chi connectivity index (χ2v) is 4.18. The topological polar surface area (TPSA) is 75.3 Å². The molecule has 0 atom stereocenters. The highest BCUT2D eigenvalue weighted by Gasteiger charge is 2.12. The van der Waals surface area contributed by atoms with Crippen LogP contribution >= 0.6 is 0 Å². The molecule has 0 fully saturated rings. The summed E-state index contributed by atoms with van der Waals surface area (Å²) in [5.41, 5.74) is 7.15. The number of benzene rings is 2. The number of hydrogen-bond acceptors (Lipinski definition) is 3. The van der Waals surface area contributed by atoms with E-state index in [2.05, 4.69) is 5.32 Å². The number of aromatic hydroxyl groups is 1. The molecule has 0 aliphatic carbocycles. The lowest BCUT2D eigenvalue weighted by Gasteiger charge is -2.10. The van der Waals surface area contributed by atoms with E-state index in [1.807, 2.05) is 0 Å². The van der Waals surface area contributed by atoms with Gasteiger partial charge in [0.2, 0.25) is 0 Å². The summed E-state index contributed by atoms with van der Waals surface area (Å²) in [7, 11) is 0. The summed E-state index contributed by atoms with van der Waals surface area (Å²) in [5, 5.41) is 11.9. The van der Waals surface area contributed by atoms with Gasteiger partial charge in [0.15, 0.2) is 0 Å². The molecule has 0 aliphatic rings. The second kappa shape index (κ2) is 4.97. The predicted octanol–water partition coefficient (Wildman–Crippen LogP) is 2.67. The quantitative estimate of drug-likeness (QED) is 0.574. The zero-order valence-corrected chi connectivity index (χ0v) is 10.3.